The van der Waals surface area contributed by atoms with Crippen LogP contribution in [0.15, 0.2) is 42.5 Å². The molecule has 1 atom stereocenters. The van der Waals surface area contributed by atoms with Gasteiger partial charge in [0.05, 0.1) is 38.5 Å². The molecule has 2 N–H and O–H groups in total. The van der Waals surface area contributed by atoms with Crippen LogP contribution in [-0.4, -0.2) is 44.2 Å². The van der Waals surface area contributed by atoms with Gasteiger partial charge in [0.15, 0.2) is 17.5 Å². The van der Waals surface area contributed by atoms with Crippen molar-refractivity contribution in [1.82, 2.24) is 0 Å². The lowest BCUT2D eigenvalue weighted by Crippen LogP contribution is -2.92. The SMILES string of the molecule is CCOc1ccc(N2C(=O)C[C@@H]([NH2+]CCc3ccc(OCC)c(OCC)c3)C2=O)cc1. The highest BCUT2D eigenvalue weighted by atomic mass is 16.5. The summed E-state index contributed by atoms with van der Waals surface area (Å²) in [5, 5.41) is 1.95. The number of carbonyl (C=O) groups excluding carboxylic acids is 2. The van der Waals surface area contributed by atoms with Gasteiger partial charge in [0, 0.05) is 6.42 Å². The predicted octanol–water partition coefficient (Wildman–Crippen LogP) is 2.32. The third-order valence-corrected chi connectivity index (χ3v) is 5.08. The van der Waals surface area contributed by atoms with Crippen LogP contribution in [0.5, 0.6) is 17.2 Å². The topological polar surface area (TPSA) is 81.7 Å². The Morgan fingerprint density at radius 1 is 0.903 bits per heavy atom. The molecule has 7 nitrogen and oxygen atoms in total. The van der Waals surface area contributed by atoms with E-state index in [4.69, 9.17) is 14.2 Å². The fourth-order valence-electron chi connectivity index (χ4n) is 3.67. The first-order chi connectivity index (χ1) is 15.1. The third-order valence-electron chi connectivity index (χ3n) is 5.08. The van der Waals surface area contributed by atoms with Gasteiger partial charge in [-0.3, -0.25) is 9.59 Å². The maximum absolute atomic E-state index is 12.8. The summed E-state index contributed by atoms with van der Waals surface area (Å²) >= 11 is 0. The minimum absolute atomic E-state index is 0.171. The molecular weight excluding hydrogens is 396 g/mol. The number of imide groups is 1. The van der Waals surface area contributed by atoms with E-state index in [0.29, 0.717) is 32.1 Å². The monoisotopic (exact) mass is 427 g/mol. The van der Waals surface area contributed by atoms with E-state index in [0.717, 1.165) is 29.2 Å². The lowest BCUT2D eigenvalue weighted by molar-refractivity contribution is -0.674. The van der Waals surface area contributed by atoms with Crippen molar-refractivity contribution in [2.75, 3.05) is 31.3 Å². The lowest BCUT2D eigenvalue weighted by atomic mass is 10.1. The molecule has 0 bridgehead atoms. The summed E-state index contributed by atoms with van der Waals surface area (Å²) < 4.78 is 16.7. The maximum Gasteiger partial charge on any atom is 0.292 e. The summed E-state index contributed by atoms with van der Waals surface area (Å²) in [6.07, 6.45) is 0.965. The van der Waals surface area contributed by atoms with Crippen molar-refractivity contribution in [1.29, 1.82) is 0 Å². The number of benzene rings is 2. The van der Waals surface area contributed by atoms with Gasteiger partial charge in [-0.15, -0.1) is 0 Å². The molecule has 2 aromatic carbocycles. The lowest BCUT2D eigenvalue weighted by Gasteiger charge is -2.15. The van der Waals surface area contributed by atoms with E-state index in [-0.39, 0.29) is 18.2 Å². The van der Waals surface area contributed by atoms with Crippen molar-refractivity contribution in [3.8, 4) is 17.2 Å². The second-order valence-corrected chi connectivity index (χ2v) is 7.23. The highest BCUT2D eigenvalue weighted by Crippen LogP contribution is 2.28. The Kier molecular flexibility index (Phi) is 7.89. The zero-order valence-electron chi connectivity index (χ0n) is 18.4. The Morgan fingerprint density at radius 3 is 2.26 bits per heavy atom. The molecule has 1 fully saturated rings. The summed E-state index contributed by atoms with van der Waals surface area (Å²) in [6.45, 7) is 8.20. The second kappa shape index (κ2) is 10.8. The van der Waals surface area contributed by atoms with Crippen molar-refractivity contribution in [3.63, 3.8) is 0 Å². The molecule has 1 saturated heterocycles. The van der Waals surface area contributed by atoms with Gasteiger partial charge in [-0.1, -0.05) is 6.07 Å². The van der Waals surface area contributed by atoms with E-state index < -0.39 is 6.04 Å². The van der Waals surface area contributed by atoms with Crippen LogP contribution in [0.25, 0.3) is 0 Å². The molecule has 7 heteroatoms. The van der Waals surface area contributed by atoms with Gasteiger partial charge < -0.3 is 19.5 Å². The van der Waals surface area contributed by atoms with Crippen LogP contribution in [0.1, 0.15) is 32.8 Å². The highest BCUT2D eigenvalue weighted by molar-refractivity contribution is 6.21. The second-order valence-electron chi connectivity index (χ2n) is 7.23. The number of anilines is 1. The molecule has 0 aromatic heterocycles. The van der Waals surface area contributed by atoms with Gasteiger partial charge in [-0.05, 0) is 62.7 Å². The third kappa shape index (κ3) is 5.55. The van der Waals surface area contributed by atoms with Crippen LogP contribution < -0.4 is 24.4 Å². The highest BCUT2D eigenvalue weighted by Gasteiger charge is 2.42. The van der Waals surface area contributed by atoms with E-state index in [1.165, 1.54) is 4.90 Å². The summed E-state index contributed by atoms with van der Waals surface area (Å²) in [5.74, 6) is 1.84. The Balaban J connectivity index is 1.58. The zero-order chi connectivity index (χ0) is 22.2. The van der Waals surface area contributed by atoms with Crippen LogP contribution in [0.2, 0.25) is 0 Å². The molecule has 0 unspecified atom stereocenters. The van der Waals surface area contributed by atoms with E-state index in [1.54, 1.807) is 24.3 Å². The van der Waals surface area contributed by atoms with Crippen LogP contribution in [0.4, 0.5) is 5.69 Å². The van der Waals surface area contributed by atoms with Gasteiger partial charge in [-0.2, -0.15) is 0 Å². The van der Waals surface area contributed by atoms with Crippen molar-refractivity contribution >= 4 is 17.5 Å². The van der Waals surface area contributed by atoms with Gasteiger partial charge in [-0.25, -0.2) is 4.90 Å². The van der Waals surface area contributed by atoms with E-state index in [2.05, 4.69) is 0 Å². The Labute approximate surface area is 183 Å². The van der Waals surface area contributed by atoms with Crippen LogP contribution in [0.3, 0.4) is 0 Å². The van der Waals surface area contributed by atoms with Crippen LogP contribution in [0, 0.1) is 0 Å². The fraction of sp³-hybridized carbons (Fsp3) is 0.417. The number of hydrogen-bond donors (Lipinski definition) is 1. The Morgan fingerprint density at radius 2 is 1.58 bits per heavy atom. The van der Waals surface area contributed by atoms with Crippen molar-refractivity contribution < 1.29 is 29.1 Å². The number of ether oxygens (including phenoxy) is 3. The van der Waals surface area contributed by atoms with E-state index in [9.17, 15) is 9.59 Å². The summed E-state index contributed by atoms with van der Waals surface area (Å²) in [6, 6.07) is 12.6. The van der Waals surface area contributed by atoms with Gasteiger partial charge >= 0.3 is 0 Å². The molecule has 2 aromatic rings. The standard InChI is InChI=1S/C24H30N2O5/c1-4-29-19-10-8-18(9-11-19)26-23(27)16-20(24(26)28)25-14-13-17-7-12-21(30-5-2)22(15-17)31-6-3/h7-12,15,20,25H,4-6,13-14,16H2,1-3H3/p+1/t20-/m1/s1. The Bertz CT molecular complexity index is 897. The van der Waals surface area contributed by atoms with Gasteiger partial charge in [0.1, 0.15) is 5.75 Å². The van der Waals surface area contributed by atoms with Gasteiger partial charge in [0.2, 0.25) is 5.91 Å². The molecule has 166 valence electrons. The average molecular weight is 428 g/mol. The molecule has 1 aliphatic rings. The first kappa shape index (κ1) is 22.6. The molecule has 2 amide bonds. The number of nitrogens with zero attached hydrogens (tertiary/aromatic N) is 1. The molecule has 1 aliphatic heterocycles. The molecule has 31 heavy (non-hydrogen) atoms. The van der Waals surface area contributed by atoms with Crippen LogP contribution >= 0.6 is 0 Å². The normalized spacial score (nSPS) is 16.0. The zero-order valence-corrected chi connectivity index (χ0v) is 18.4. The first-order valence-corrected chi connectivity index (χ1v) is 10.9. The summed E-state index contributed by atoms with van der Waals surface area (Å²) in [5.41, 5.74) is 1.69. The number of carbonyl (C=O) groups is 2. The molecular formula is C24H31N2O5+. The minimum atomic E-state index is -0.395. The number of amides is 2. The average Bonchev–Trinajstić information content (AvgIpc) is 3.04. The number of quaternary nitrogens is 1. The number of rotatable bonds is 11. The van der Waals surface area contributed by atoms with Crippen molar-refractivity contribution in [2.24, 2.45) is 0 Å². The molecule has 0 saturated carbocycles. The Hall–Kier alpha value is -3.06. The van der Waals surface area contributed by atoms with Crippen molar-refractivity contribution in [2.45, 2.75) is 39.7 Å². The number of hydrogen-bond acceptors (Lipinski definition) is 5. The largest absolute Gasteiger partial charge is 0.494 e. The smallest absolute Gasteiger partial charge is 0.292 e. The number of nitrogens with two attached hydrogens (primary N) is 1. The minimum Gasteiger partial charge on any atom is -0.494 e. The molecule has 0 spiro atoms. The molecule has 1 heterocycles. The fourth-order valence-corrected chi connectivity index (χ4v) is 3.67. The molecule has 3 rings (SSSR count). The molecule has 0 radical (unpaired) electrons. The summed E-state index contributed by atoms with van der Waals surface area (Å²) in [7, 11) is 0. The van der Waals surface area contributed by atoms with E-state index in [1.807, 2.05) is 44.3 Å². The maximum atomic E-state index is 12.8. The van der Waals surface area contributed by atoms with E-state index >= 15 is 0 Å². The molecule has 0 aliphatic carbocycles. The predicted molar refractivity (Wildman–Crippen MR) is 118 cm³/mol. The van der Waals surface area contributed by atoms with Crippen molar-refractivity contribution in [3.05, 3.63) is 48.0 Å². The summed E-state index contributed by atoms with van der Waals surface area (Å²) in [4.78, 5) is 26.6. The van der Waals surface area contributed by atoms with Crippen LogP contribution in [-0.2, 0) is 16.0 Å². The van der Waals surface area contributed by atoms with Gasteiger partial charge in [0.25, 0.3) is 5.91 Å². The quantitative estimate of drug-likeness (QED) is 0.557. The first-order valence-electron chi connectivity index (χ1n) is 10.9.